The van der Waals surface area contributed by atoms with E-state index in [0.29, 0.717) is 5.56 Å². The predicted octanol–water partition coefficient (Wildman–Crippen LogP) is 3.30. The van der Waals surface area contributed by atoms with Crippen molar-refractivity contribution in [2.75, 3.05) is 5.32 Å². The standard InChI is InChI=1S/C13H11F3N2O/c1-18-6-5-9(8-18)12(19)17-11-4-2-3-10(7-11)13(14,15)16/h2-8H,1H3,(H,17,19). The summed E-state index contributed by atoms with van der Waals surface area (Å²) in [6, 6.07) is 6.11. The molecule has 2 rings (SSSR count). The van der Waals surface area contributed by atoms with Crippen molar-refractivity contribution in [2.24, 2.45) is 7.05 Å². The number of amides is 1. The number of rotatable bonds is 2. The van der Waals surface area contributed by atoms with E-state index in [1.54, 1.807) is 30.1 Å². The Labute approximate surface area is 107 Å². The molecule has 1 aromatic heterocycles. The van der Waals surface area contributed by atoms with Gasteiger partial charge < -0.3 is 9.88 Å². The fourth-order valence-corrected chi connectivity index (χ4v) is 1.61. The van der Waals surface area contributed by atoms with Gasteiger partial charge in [-0.25, -0.2) is 0 Å². The average molecular weight is 268 g/mol. The number of carbonyl (C=O) groups is 1. The van der Waals surface area contributed by atoms with E-state index in [1.807, 2.05) is 0 Å². The van der Waals surface area contributed by atoms with Crippen LogP contribution in [0.15, 0.2) is 42.7 Å². The Bertz CT molecular complexity index is 602. The van der Waals surface area contributed by atoms with Crippen molar-refractivity contribution in [1.82, 2.24) is 4.57 Å². The third kappa shape index (κ3) is 3.15. The van der Waals surface area contributed by atoms with Gasteiger partial charge in [-0.05, 0) is 24.3 Å². The van der Waals surface area contributed by atoms with Crippen LogP contribution in [0, 0.1) is 0 Å². The molecule has 0 saturated heterocycles. The van der Waals surface area contributed by atoms with E-state index in [4.69, 9.17) is 0 Å². The molecule has 0 atom stereocenters. The number of alkyl halides is 3. The van der Waals surface area contributed by atoms with E-state index in [0.717, 1.165) is 12.1 Å². The quantitative estimate of drug-likeness (QED) is 0.890. The number of halogens is 3. The molecule has 0 unspecified atom stereocenters. The van der Waals surface area contributed by atoms with Gasteiger partial charge in [0.25, 0.3) is 5.91 Å². The van der Waals surface area contributed by atoms with Crippen molar-refractivity contribution >= 4 is 11.6 Å². The second-order valence-corrected chi connectivity index (χ2v) is 4.10. The van der Waals surface area contributed by atoms with Crippen molar-refractivity contribution in [3.8, 4) is 0 Å². The van der Waals surface area contributed by atoms with Gasteiger partial charge in [-0.1, -0.05) is 6.07 Å². The number of hydrogen-bond donors (Lipinski definition) is 1. The molecule has 3 nitrogen and oxygen atoms in total. The smallest absolute Gasteiger partial charge is 0.356 e. The number of hydrogen-bond acceptors (Lipinski definition) is 1. The maximum absolute atomic E-state index is 12.5. The zero-order valence-corrected chi connectivity index (χ0v) is 10.0. The minimum Gasteiger partial charge on any atom is -0.356 e. The predicted molar refractivity (Wildman–Crippen MR) is 64.8 cm³/mol. The summed E-state index contributed by atoms with van der Waals surface area (Å²) in [5, 5.41) is 2.43. The molecule has 0 saturated carbocycles. The molecule has 19 heavy (non-hydrogen) atoms. The number of nitrogens with zero attached hydrogens (tertiary/aromatic N) is 1. The number of nitrogens with one attached hydrogen (secondary N) is 1. The van der Waals surface area contributed by atoms with Crippen LogP contribution in [0.4, 0.5) is 18.9 Å². The van der Waals surface area contributed by atoms with E-state index in [2.05, 4.69) is 5.32 Å². The first kappa shape index (κ1) is 13.2. The molecule has 0 aliphatic carbocycles. The third-order valence-corrected chi connectivity index (χ3v) is 2.54. The van der Waals surface area contributed by atoms with E-state index in [9.17, 15) is 18.0 Å². The third-order valence-electron chi connectivity index (χ3n) is 2.54. The highest BCUT2D eigenvalue weighted by Crippen LogP contribution is 2.30. The zero-order chi connectivity index (χ0) is 14.0. The van der Waals surface area contributed by atoms with Crippen molar-refractivity contribution in [3.63, 3.8) is 0 Å². The highest BCUT2D eigenvalue weighted by Gasteiger charge is 2.30. The van der Waals surface area contributed by atoms with Crippen LogP contribution in [0.5, 0.6) is 0 Å². The Morgan fingerprint density at radius 1 is 1.26 bits per heavy atom. The molecule has 0 fully saturated rings. The Kier molecular flexibility index (Phi) is 3.33. The summed E-state index contributed by atoms with van der Waals surface area (Å²) in [6.07, 6.45) is -1.16. The number of aromatic nitrogens is 1. The molecule has 0 radical (unpaired) electrons. The molecule has 100 valence electrons. The number of carbonyl (C=O) groups excluding carboxylic acids is 1. The first-order valence-electron chi connectivity index (χ1n) is 5.47. The Morgan fingerprint density at radius 2 is 2.00 bits per heavy atom. The summed E-state index contributed by atoms with van der Waals surface area (Å²) in [4.78, 5) is 11.8. The van der Waals surface area contributed by atoms with Crippen LogP contribution < -0.4 is 5.32 Å². The summed E-state index contributed by atoms with van der Waals surface area (Å²) >= 11 is 0. The number of aryl methyl sites for hydroxylation is 1. The normalized spacial score (nSPS) is 11.4. The molecular formula is C13H11F3N2O. The molecule has 0 bridgehead atoms. The number of benzene rings is 1. The van der Waals surface area contributed by atoms with Crippen LogP contribution in [0.3, 0.4) is 0 Å². The fourth-order valence-electron chi connectivity index (χ4n) is 1.61. The summed E-state index contributed by atoms with van der Waals surface area (Å²) in [5.41, 5.74) is -0.290. The van der Waals surface area contributed by atoms with E-state index < -0.39 is 17.6 Å². The summed E-state index contributed by atoms with van der Waals surface area (Å²) in [6.45, 7) is 0. The maximum Gasteiger partial charge on any atom is 0.416 e. The summed E-state index contributed by atoms with van der Waals surface area (Å²) in [7, 11) is 1.75. The molecule has 1 heterocycles. The van der Waals surface area contributed by atoms with Gasteiger partial charge in [0.2, 0.25) is 0 Å². The highest BCUT2D eigenvalue weighted by atomic mass is 19.4. The highest BCUT2D eigenvalue weighted by molar-refractivity contribution is 6.04. The van der Waals surface area contributed by atoms with E-state index in [1.165, 1.54) is 12.1 Å². The van der Waals surface area contributed by atoms with Gasteiger partial charge in [-0.3, -0.25) is 4.79 Å². The SMILES string of the molecule is Cn1ccc(C(=O)Nc2cccc(C(F)(F)F)c2)c1. The van der Waals surface area contributed by atoms with Crippen LogP contribution >= 0.6 is 0 Å². The van der Waals surface area contributed by atoms with E-state index in [-0.39, 0.29) is 5.69 Å². The van der Waals surface area contributed by atoms with Crippen LogP contribution in [0.25, 0.3) is 0 Å². The van der Waals surface area contributed by atoms with Gasteiger partial charge in [0, 0.05) is 25.1 Å². The van der Waals surface area contributed by atoms with Gasteiger partial charge >= 0.3 is 6.18 Å². The Hall–Kier alpha value is -2.24. The van der Waals surface area contributed by atoms with Crippen molar-refractivity contribution in [1.29, 1.82) is 0 Å². The second kappa shape index (κ2) is 4.79. The lowest BCUT2D eigenvalue weighted by molar-refractivity contribution is -0.137. The maximum atomic E-state index is 12.5. The van der Waals surface area contributed by atoms with Crippen LogP contribution in [0.2, 0.25) is 0 Å². The molecule has 2 aromatic rings. The minimum atomic E-state index is -4.42. The Morgan fingerprint density at radius 3 is 2.58 bits per heavy atom. The molecule has 1 aromatic carbocycles. The number of anilines is 1. The average Bonchev–Trinajstić information content (AvgIpc) is 2.75. The molecule has 0 spiro atoms. The van der Waals surface area contributed by atoms with Gasteiger partial charge in [0.05, 0.1) is 11.1 Å². The molecule has 1 N–H and O–H groups in total. The van der Waals surface area contributed by atoms with Crippen LogP contribution in [0.1, 0.15) is 15.9 Å². The second-order valence-electron chi connectivity index (χ2n) is 4.10. The largest absolute Gasteiger partial charge is 0.416 e. The molecule has 1 amide bonds. The molecule has 0 aliphatic rings. The molecular weight excluding hydrogens is 257 g/mol. The van der Waals surface area contributed by atoms with Crippen molar-refractivity contribution in [2.45, 2.75) is 6.18 Å². The molecule has 6 heteroatoms. The van der Waals surface area contributed by atoms with E-state index >= 15 is 0 Å². The minimum absolute atomic E-state index is 0.115. The lowest BCUT2D eigenvalue weighted by Gasteiger charge is -2.09. The molecule has 0 aliphatic heterocycles. The topological polar surface area (TPSA) is 34.0 Å². The lowest BCUT2D eigenvalue weighted by atomic mass is 10.2. The first-order chi connectivity index (χ1) is 8.86. The fraction of sp³-hybridized carbons (Fsp3) is 0.154. The van der Waals surface area contributed by atoms with Gasteiger partial charge in [0.1, 0.15) is 0 Å². The summed E-state index contributed by atoms with van der Waals surface area (Å²) < 4.78 is 39.2. The van der Waals surface area contributed by atoms with Crippen LogP contribution in [-0.2, 0) is 13.2 Å². The lowest BCUT2D eigenvalue weighted by Crippen LogP contribution is -2.12. The zero-order valence-electron chi connectivity index (χ0n) is 10.0. The van der Waals surface area contributed by atoms with Gasteiger partial charge in [0.15, 0.2) is 0 Å². The van der Waals surface area contributed by atoms with Gasteiger partial charge in [-0.15, -0.1) is 0 Å². The van der Waals surface area contributed by atoms with Crippen molar-refractivity contribution < 1.29 is 18.0 Å². The van der Waals surface area contributed by atoms with Gasteiger partial charge in [-0.2, -0.15) is 13.2 Å². The van der Waals surface area contributed by atoms with Crippen LogP contribution in [-0.4, -0.2) is 10.5 Å². The first-order valence-corrected chi connectivity index (χ1v) is 5.47. The Balaban J connectivity index is 2.18. The summed E-state index contributed by atoms with van der Waals surface area (Å²) in [5.74, 6) is -0.445. The monoisotopic (exact) mass is 268 g/mol. The van der Waals surface area contributed by atoms with Crippen molar-refractivity contribution in [3.05, 3.63) is 53.9 Å².